The van der Waals surface area contributed by atoms with E-state index in [1.807, 2.05) is 19.9 Å². The van der Waals surface area contributed by atoms with Crippen LogP contribution >= 0.6 is 0 Å². The van der Waals surface area contributed by atoms with E-state index in [2.05, 4.69) is 10.0 Å². The molecule has 150 valence electrons. The lowest BCUT2D eigenvalue weighted by molar-refractivity contribution is 0.102. The number of hydrogen-bond acceptors (Lipinski definition) is 3. The zero-order valence-corrected chi connectivity index (χ0v) is 17.1. The van der Waals surface area contributed by atoms with Crippen LogP contribution in [0.15, 0.2) is 65.6 Å². The predicted molar refractivity (Wildman–Crippen MR) is 112 cm³/mol. The molecule has 0 spiro atoms. The molecule has 29 heavy (non-hydrogen) atoms. The van der Waals surface area contributed by atoms with Crippen LogP contribution in [0.4, 0.5) is 15.8 Å². The van der Waals surface area contributed by atoms with Crippen LogP contribution in [0, 0.1) is 26.6 Å². The van der Waals surface area contributed by atoms with Gasteiger partial charge in [0.1, 0.15) is 5.82 Å². The Hall–Kier alpha value is -3.19. The van der Waals surface area contributed by atoms with E-state index in [0.717, 1.165) is 16.7 Å². The van der Waals surface area contributed by atoms with Crippen LogP contribution in [-0.4, -0.2) is 14.3 Å². The van der Waals surface area contributed by atoms with Crippen molar-refractivity contribution in [3.63, 3.8) is 0 Å². The summed E-state index contributed by atoms with van der Waals surface area (Å²) in [7, 11) is -3.79. The van der Waals surface area contributed by atoms with Crippen LogP contribution in [0.5, 0.6) is 0 Å². The predicted octanol–water partition coefficient (Wildman–Crippen LogP) is 4.80. The molecule has 3 aromatic rings. The Kier molecular flexibility index (Phi) is 5.70. The van der Waals surface area contributed by atoms with Crippen LogP contribution < -0.4 is 10.0 Å². The van der Waals surface area contributed by atoms with Crippen molar-refractivity contribution in [2.24, 2.45) is 0 Å². The van der Waals surface area contributed by atoms with Crippen molar-refractivity contribution in [3.05, 3.63) is 88.7 Å². The van der Waals surface area contributed by atoms with Crippen molar-refractivity contribution < 1.29 is 17.6 Å². The molecule has 3 aromatic carbocycles. The van der Waals surface area contributed by atoms with E-state index >= 15 is 0 Å². The Labute approximate surface area is 169 Å². The minimum Gasteiger partial charge on any atom is -0.322 e. The van der Waals surface area contributed by atoms with Crippen molar-refractivity contribution in [1.29, 1.82) is 0 Å². The quantitative estimate of drug-likeness (QED) is 0.632. The van der Waals surface area contributed by atoms with Crippen molar-refractivity contribution in [3.8, 4) is 0 Å². The van der Waals surface area contributed by atoms with Gasteiger partial charge in [-0.2, -0.15) is 0 Å². The van der Waals surface area contributed by atoms with Gasteiger partial charge in [-0.25, -0.2) is 12.8 Å². The molecule has 0 bridgehead atoms. The maximum Gasteiger partial charge on any atom is 0.261 e. The van der Waals surface area contributed by atoms with Gasteiger partial charge in [0.25, 0.3) is 15.9 Å². The molecule has 0 fully saturated rings. The Morgan fingerprint density at radius 3 is 2.14 bits per heavy atom. The summed E-state index contributed by atoms with van der Waals surface area (Å²) in [6.07, 6.45) is 0. The highest BCUT2D eigenvalue weighted by Gasteiger charge is 2.16. The molecular formula is C22H21FN2O3S. The lowest BCUT2D eigenvalue weighted by Crippen LogP contribution is -2.15. The van der Waals surface area contributed by atoms with Gasteiger partial charge in [0.05, 0.1) is 4.90 Å². The summed E-state index contributed by atoms with van der Waals surface area (Å²) in [5, 5.41) is 2.63. The van der Waals surface area contributed by atoms with Gasteiger partial charge >= 0.3 is 0 Å². The van der Waals surface area contributed by atoms with E-state index < -0.39 is 21.7 Å². The van der Waals surface area contributed by atoms with Gasteiger partial charge in [0.2, 0.25) is 0 Å². The monoisotopic (exact) mass is 412 g/mol. The van der Waals surface area contributed by atoms with Gasteiger partial charge in [-0.1, -0.05) is 12.1 Å². The van der Waals surface area contributed by atoms with Crippen molar-refractivity contribution in [1.82, 2.24) is 0 Å². The average molecular weight is 412 g/mol. The number of carbonyl (C=O) groups is 1. The van der Waals surface area contributed by atoms with Crippen LogP contribution in [0.3, 0.4) is 0 Å². The fourth-order valence-electron chi connectivity index (χ4n) is 2.73. The molecule has 7 heteroatoms. The first-order valence-corrected chi connectivity index (χ1v) is 10.4. The molecular weight excluding hydrogens is 391 g/mol. The lowest BCUT2D eigenvalue weighted by Gasteiger charge is -2.11. The third kappa shape index (κ3) is 4.81. The molecule has 1 amide bonds. The number of amides is 1. The fourth-order valence-corrected chi connectivity index (χ4v) is 3.78. The molecule has 0 heterocycles. The van der Waals surface area contributed by atoms with E-state index in [9.17, 15) is 17.6 Å². The fraction of sp³-hybridized carbons (Fsp3) is 0.136. The number of nitrogens with one attached hydrogen (secondary N) is 2. The highest BCUT2D eigenvalue weighted by Crippen LogP contribution is 2.21. The number of halogens is 1. The maximum absolute atomic E-state index is 13.4. The molecule has 0 saturated carbocycles. The largest absolute Gasteiger partial charge is 0.322 e. The minimum absolute atomic E-state index is 0.0363. The van der Waals surface area contributed by atoms with Gasteiger partial charge in [-0.3, -0.25) is 9.52 Å². The summed E-state index contributed by atoms with van der Waals surface area (Å²) in [5.74, 6) is -0.908. The summed E-state index contributed by atoms with van der Waals surface area (Å²) >= 11 is 0. The highest BCUT2D eigenvalue weighted by atomic mass is 32.2. The molecule has 0 unspecified atom stereocenters. The summed E-state index contributed by atoms with van der Waals surface area (Å²) < 4.78 is 41.1. The average Bonchev–Trinajstić information content (AvgIpc) is 2.67. The maximum atomic E-state index is 13.4. The summed E-state index contributed by atoms with van der Waals surface area (Å²) in [6, 6.07) is 15.0. The molecule has 0 aliphatic carbocycles. The van der Waals surface area contributed by atoms with Gasteiger partial charge in [0, 0.05) is 16.9 Å². The number of sulfonamides is 1. The Balaban J connectivity index is 1.77. The van der Waals surface area contributed by atoms with Crippen molar-refractivity contribution >= 4 is 27.3 Å². The molecule has 0 aliphatic rings. The van der Waals surface area contributed by atoms with Crippen LogP contribution in [-0.2, 0) is 10.0 Å². The molecule has 2 N–H and O–H groups in total. The lowest BCUT2D eigenvalue weighted by atomic mass is 10.1. The van der Waals surface area contributed by atoms with Gasteiger partial charge in [-0.05, 0) is 86.0 Å². The van der Waals surface area contributed by atoms with Gasteiger partial charge in [-0.15, -0.1) is 0 Å². The molecule has 0 atom stereocenters. The normalized spacial score (nSPS) is 11.2. The molecule has 0 aromatic heterocycles. The number of hydrogen-bond donors (Lipinski definition) is 2. The minimum atomic E-state index is -3.79. The first-order valence-electron chi connectivity index (χ1n) is 8.93. The smallest absolute Gasteiger partial charge is 0.261 e. The third-order valence-electron chi connectivity index (χ3n) is 4.63. The standard InChI is InChI=1S/C22H21FN2O3S/c1-14-5-9-19(12-16(14)3)25-29(27,28)20-10-6-17(7-11-20)22(26)24-21-13-18(23)8-4-15(21)2/h4-13,25H,1-3H3,(H,24,26). The second-order valence-electron chi connectivity index (χ2n) is 6.84. The Bertz CT molecular complexity index is 1170. The molecule has 0 radical (unpaired) electrons. The molecule has 0 saturated heterocycles. The van der Waals surface area contributed by atoms with Crippen LogP contribution in [0.25, 0.3) is 0 Å². The van der Waals surface area contributed by atoms with Crippen LogP contribution in [0.2, 0.25) is 0 Å². The van der Waals surface area contributed by atoms with Crippen molar-refractivity contribution in [2.45, 2.75) is 25.7 Å². The topological polar surface area (TPSA) is 75.3 Å². The second kappa shape index (κ2) is 8.05. The molecule has 3 rings (SSSR count). The summed E-state index contributed by atoms with van der Waals surface area (Å²) in [4.78, 5) is 12.4. The Morgan fingerprint density at radius 1 is 0.828 bits per heavy atom. The zero-order chi connectivity index (χ0) is 21.2. The first-order chi connectivity index (χ1) is 13.7. The number of aryl methyl sites for hydroxylation is 3. The third-order valence-corrected chi connectivity index (χ3v) is 6.03. The Morgan fingerprint density at radius 2 is 1.48 bits per heavy atom. The van der Waals surface area contributed by atoms with E-state index in [4.69, 9.17) is 0 Å². The van der Waals surface area contributed by atoms with E-state index in [1.54, 1.807) is 25.1 Å². The highest BCUT2D eigenvalue weighted by molar-refractivity contribution is 7.92. The summed E-state index contributed by atoms with van der Waals surface area (Å²) in [5.41, 5.74) is 3.86. The number of benzene rings is 3. The van der Waals surface area contributed by atoms with Crippen molar-refractivity contribution in [2.75, 3.05) is 10.0 Å². The van der Waals surface area contributed by atoms with Gasteiger partial charge in [0.15, 0.2) is 0 Å². The SMILES string of the molecule is Cc1ccc(NS(=O)(=O)c2ccc(C(=O)Nc3cc(F)ccc3C)cc2)cc1C. The number of carbonyl (C=O) groups excluding carboxylic acids is 1. The molecule has 5 nitrogen and oxygen atoms in total. The van der Waals surface area contributed by atoms with E-state index in [1.165, 1.54) is 36.4 Å². The second-order valence-corrected chi connectivity index (χ2v) is 8.52. The molecule has 0 aliphatic heterocycles. The zero-order valence-electron chi connectivity index (χ0n) is 16.3. The number of anilines is 2. The van der Waals surface area contributed by atoms with Gasteiger partial charge < -0.3 is 5.32 Å². The van der Waals surface area contributed by atoms with E-state index in [-0.39, 0.29) is 10.5 Å². The van der Waals surface area contributed by atoms with E-state index in [0.29, 0.717) is 11.4 Å². The first kappa shape index (κ1) is 20.5. The van der Waals surface area contributed by atoms with Crippen LogP contribution in [0.1, 0.15) is 27.0 Å². The number of rotatable bonds is 5. The summed E-state index contributed by atoms with van der Waals surface area (Å²) in [6.45, 7) is 5.60.